The van der Waals surface area contributed by atoms with Crippen molar-refractivity contribution in [3.8, 4) is 5.75 Å². The molecule has 0 aromatic heterocycles. The molecule has 2 rings (SSSR count). The zero-order valence-corrected chi connectivity index (χ0v) is 11.3. The summed E-state index contributed by atoms with van der Waals surface area (Å²) in [5.41, 5.74) is 2.68. The van der Waals surface area contributed by atoms with Crippen LogP contribution in [-0.4, -0.2) is 10.0 Å². The Balaban J connectivity index is 2.16. The molecule has 0 aliphatic rings. The first-order chi connectivity index (χ1) is 9.47. The number of non-ortho nitro benzene ring substituents is 1. The Kier molecular flexibility index (Phi) is 3.89. The largest absolute Gasteiger partial charge is 0.508 e. The van der Waals surface area contributed by atoms with E-state index in [0.717, 1.165) is 16.8 Å². The third kappa shape index (κ3) is 3.06. The number of phenolic OH excluding ortho intramolecular Hbond substituents is 1. The highest BCUT2D eigenvalue weighted by atomic mass is 16.6. The number of nitro benzene ring substituents is 1. The van der Waals surface area contributed by atoms with Crippen LogP contribution in [0.1, 0.15) is 24.1 Å². The lowest BCUT2D eigenvalue weighted by atomic mass is 10.0. The van der Waals surface area contributed by atoms with E-state index in [1.807, 2.05) is 26.0 Å². The van der Waals surface area contributed by atoms with Gasteiger partial charge >= 0.3 is 0 Å². The topological polar surface area (TPSA) is 75.4 Å². The minimum atomic E-state index is -0.431. The fraction of sp³-hybridized carbons (Fsp3) is 0.200. The first kappa shape index (κ1) is 13.9. The quantitative estimate of drug-likeness (QED) is 0.656. The molecule has 0 bridgehead atoms. The predicted octanol–water partition coefficient (Wildman–Crippen LogP) is 3.78. The van der Waals surface area contributed by atoms with Crippen LogP contribution in [0.3, 0.4) is 0 Å². The van der Waals surface area contributed by atoms with Gasteiger partial charge in [-0.3, -0.25) is 10.1 Å². The van der Waals surface area contributed by atoms with Crippen molar-refractivity contribution < 1.29 is 10.0 Å². The van der Waals surface area contributed by atoms with Gasteiger partial charge in [0.25, 0.3) is 5.69 Å². The number of rotatable bonds is 4. The number of aromatic hydroxyl groups is 1. The highest BCUT2D eigenvalue weighted by molar-refractivity contribution is 5.51. The maximum Gasteiger partial charge on any atom is 0.269 e. The van der Waals surface area contributed by atoms with Crippen LogP contribution in [0.5, 0.6) is 5.75 Å². The molecule has 2 aromatic rings. The van der Waals surface area contributed by atoms with Crippen LogP contribution in [0, 0.1) is 17.0 Å². The number of hydrogen-bond acceptors (Lipinski definition) is 4. The Bertz CT molecular complexity index is 624. The van der Waals surface area contributed by atoms with Crippen LogP contribution < -0.4 is 5.32 Å². The van der Waals surface area contributed by atoms with E-state index in [-0.39, 0.29) is 17.5 Å². The summed E-state index contributed by atoms with van der Waals surface area (Å²) in [4.78, 5) is 10.2. The van der Waals surface area contributed by atoms with Crippen molar-refractivity contribution in [2.45, 2.75) is 19.9 Å². The molecule has 104 valence electrons. The molecule has 20 heavy (non-hydrogen) atoms. The fourth-order valence-corrected chi connectivity index (χ4v) is 2.03. The standard InChI is InChI=1S/C15H16N2O3/c1-10-3-8-15(18)14(9-10)11(2)16-12-4-6-13(7-5-12)17(19)20/h3-9,11,16,18H,1-2H3. The fourth-order valence-electron chi connectivity index (χ4n) is 2.03. The van der Waals surface area contributed by atoms with E-state index in [1.165, 1.54) is 12.1 Å². The second kappa shape index (κ2) is 5.61. The van der Waals surface area contributed by atoms with E-state index < -0.39 is 4.92 Å². The van der Waals surface area contributed by atoms with Crippen LogP contribution >= 0.6 is 0 Å². The normalized spacial score (nSPS) is 11.9. The monoisotopic (exact) mass is 272 g/mol. The van der Waals surface area contributed by atoms with E-state index in [9.17, 15) is 15.2 Å². The van der Waals surface area contributed by atoms with Crippen LogP contribution in [0.4, 0.5) is 11.4 Å². The first-order valence-electron chi connectivity index (χ1n) is 6.28. The molecule has 0 amide bonds. The van der Waals surface area contributed by atoms with Crippen molar-refractivity contribution in [2.24, 2.45) is 0 Å². The minimum absolute atomic E-state index is 0.0570. The summed E-state index contributed by atoms with van der Waals surface area (Å²) in [6.45, 7) is 3.89. The van der Waals surface area contributed by atoms with Gasteiger partial charge in [-0.15, -0.1) is 0 Å². The average molecular weight is 272 g/mol. The molecule has 0 fully saturated rings. The molecule has 1 unspecified atom stereocenters. The number of nitro groups is 1. The van der Waals surface area contributed by atoms with Crippen molar-refractivity contribution in [3.05, 3.63) is 63.7 Å². The number of aryl methyl sites for hydroxylation is 1. The summed E-state index contributed by atoms with van der Waals surface area (Å²) < 4.78 is 0. The summed E-state index contributed by atoms with van der Waals surface area (Å²) in [5, 5.41) is 23.7. The maximum atomic E-state index is 10.6. The van der Waals surface area contributed by atoms with Crippen molar-refractivity contribution in [3.63, 3.8) is 0 Å². The molecule has 5 nitrogen and oxygen atoms in total. The van der Waals surface area contributed by atoms with Crippen molar-refractivity contribution in [1.29, 1.82) is 0 Å². The Morgan fingerprint density at radius 2 is 1.85 bits per heavy atom. The molecule has 0 saturated heterocycles. The second-order valence-corrected chi connectivity index (χ2v) is 4.73. The second-order valence-electron chi connectivity index (χ2n) is 4.73. The SMILES string of the molecule is Cc1ccc(O)c(C(C)Nc2ccc([N+](=O)[O-])cc2)c1. The van der Waals surface area contributed by atoms with Gasteiger partial charge in [0.15, 0.2) is 0 Å². The molecule has 1 atom stereocenters. The summed E-state index contributed by atoms with van der Waals surface area (Å²) in [5.74, 6) is 0.234. The van der Waals surface area contributed by atoms with Crippen LogP contribution in [0.15, 0.2) is 42.5 Å². The molecule has 0 radical (unpaired) electrons. The maximum absolute atomic E-state index is 10.6. The molecule has 0 heterocycles. The summed E-state index contributed by atoms with van der Waals surface area (Å²) in [6, 6.07) is 11.5. The number of phenols is 1. The van der Waals surface area contributed by atoms with Crippen molar-refractivity contribution in [1.82, 2.24) is 0 Å². The number of benzene rings is 2. The highest BCUT2D eigenvalue weighted by Gasteiger charge is 2.11. The number of hydrogen-bond donors (Lipinski definition) is 2. The average Bonchev–Trinajstić information content (AvgIpc) is 2.42. The summed E-state index contributed by atoms with van der Waals surface area (Å²) in [7, 11) is 0. The highest BCUT2D eigenvalue weighted by Crippen LogP contribution is 2.28. The Hall–Kier alpha value is -2.56. The first-order valence-corrected chi connectivity index (χ1v) is 6.28. The number of nitrogens with one attached hydrogen (secondary N) is 1. The smallest absolute Gasteiger partial charge is 0.269 e. The lowest BCUT2D eigenvalue weighted by Crippen LogP contribution is -2.07. The van der Waals surface area contributed by atoms with Crippen molar-refractivity contribution in [2.75, 3.05) is 5.32 Å². The van der Waals surface area contributed by atoms with Gasteiger partial charge in [-0.05, 0) is 32.0 Å². The van der Waals surface area contributed by atoms with Crippen LogP contribution in [0.2, 0.25) is 0 Å². The van der Waals surface area contributed by atoms with E-state index >= 15 is 0 Å². The molecule has 0 aliphatic carbocycles. The summed E-state index contributed by atoms with van der Waals surface area (Å²) >= 11 is 0. The van der Waals surface area contributed by atoms with E-state index in [2.05, 4.69) is 5.32 Å². The van der Waals surface area contributed by atoms with Gasteiger partial charge < -0.3 is 10.4 Å². The third-order valence-corrected chi connectivity index (χ3v) is 3.11. The molecule has 0 saturated carbocycles. The van der Waals surface area contributed by atoms with E-state index in [4.69, 9.17) is 0 Å². The van der Waals surface area contributed by atoms with Gasteiger partial charge in [0.1, 0.15) is 5.75 Å². The molecule has 5 heteroatoms. The molecule has 2 aromatic carbocycles. The lowest BCUT2D eigenvalue weighted by Gasteiger charge is -2.17. The Morgan fingerprint density at radius 1 is 1.20 bits per heavy atom. The lowest BCUT2D eigenvalue weighted by molar-refractivity contribution is -0.384. The number of anilines is 1. The third-order valence-electron chi connectivity index (χ3n) is 3.11. The minimum Gasteiger partial charge on any atom is -0.508 e. The van der Waals surface area contributed by atoms with Gasteiger partial charge in [-0.1, -0.05) is 17.7 Å². The van der Waals surface area contributed by atoms with Gasteiger partial charge in [0.2, 0.25) is 0 Å². The van der Waals surface area contributed by atoms with Crippen LogP contribution in [-0.2, 0) is 0 Å². The summed E-state index contributed by atoms with van der Waals surface area (Å²) in [6.07, 6.45) is 0. The van der Waals surface area contributed by atoms with E-state index in [0.29, 0.717) is 0 Å². The van der Waals surface area contributed by atoms with Crippen molar-refractivity contribution >= 4 is 11.4 Å². The Morgan fingerprint density at radius 3 is 2.45 bits per heavy atom. The predicted molar refractivity (Wildman–Crippen MR) is 78.0 cm³/mol. The van der Waals surface area contributed by atoms with E-state index in [1.54, 1.807) is 18.2 Å². The number of nitrogens with zero attached hydrogens (tertiary/aromatic N) is 1. The van der Waals surface area contributed by atoms with Gasteiger partial charge in [0, 0.05) is 23.4 Å². The van der Waals surface area contributed by atoms with Crippen LogP contribution in [0.25, 0.3) is 0 Å². The molecule has 2 N–H and O–H groups in total. The molecular formula is C15H16N2O3. The zero-order valence-electron chi connectivity index (χ0n) is 11.3. The van der Waals surface area contributed by atoms with Gasteiger partial charge in [-0.25, -0.2) is 0 Å². The Labute approximate surface area is 117 Å². The van der Waals surface area contributed by atoms with Gasteiger partial charge in [0.05, 0.1) is 11.0 Å². The van der Waals surface area contributed by atoms with Gasteiger partial charge in [-0.2, -0.15) is 0 Å². The molecule has 0 spiro atoms. The molecule has 0 aliphatic heterocycles. The molecular weight excluding hydrogens is 256 g/mol. The zero-order chi connectivity index (χ0) is 14.7.